The van der Waals surface area contributed by atoms with Crippen molar-refractivity contribution in [2.24, 2.45) is 0 Å². The molecule has 118 valence electrons. The van der Waals surface area contributed by atoms with E-state index in [0.29, 0.717) is 0 Å². The molecule has 0 heterocycles. The van der Waals surface area contributed by atoms with Gasteiger partial charge in [0.15, 0.2) is 0 Å². The van der Waals surface area contributed by atoms with Gasteiger partial charge in [0.25, 0.3) is 0 Å². The number of anilines is 1. The van der Waals surface area contributed by atoms with Crippen LogP contribution in [0.5, 0.6) is 5.75 Å². The molecule has 0 fully saturated rings. The maximum Gasteiger partial charge on any atom is 0.335 e. The molecule has 0 aromatic heterocycles. The lowest BCUT2D eigenvalue weighted by Crippen LogP contribution is -2.09. The van der Waals surface area contributed by atoms with Crippen molar-refractivity contribution in [2.75, 3.05) is 12.4 Å². The number of rotatable bonds is 5. The van der Waals surface area contributed by atoms with Gasteiger partial charge < -0.3 is 15.2 Å². The number of carbonyl (C=O) groups is 2. The number of hydrogen-bond donors (Lipinski definition) is 2. The molecule has 0 aliphatic heterocycles. The summed E-state index contributed by atoms with van der Waals surface area (Å²) in [6.45, 7) is 0. The Bertz CT molecular complexity index is 754. The van der Waals surface area contributed by atoms with Crippen LogP contribution in [0.1, 0.15) is 15.9 Å². The Kier molecular flexibility index (Phi) is 5.38. The van der Waals surface area contributed by atoms with Crippen molar-refractivity contribution in [3.05, 3.63) is 64.7 Å². The van der Waals surface area contributed by atoms with Crippen molar-refractivity contribution in [1.82, 2.24) is 0 Å². The van der Waals surface area contributed by atoms with E-state index in [4.69, 9.17) is 21.4 Å². The summed E-state index contributed by atoms with van der Waals surface area (Å²) < 4.78 is 5.05. The molecule has 0 bridgehead atoms. The van der Waals surface area contributed by atoms with Gasteiger partial charge in [-0.05, 0) is 42.0 Å². The van der Waals surface area contributed by atoms with E-state index in [0.717, 1.165) is 11.3 Å². The number of nitrogens with one attached hydrogen (secondary N) is 1. The van der Waals surface area contributed by atoms with Crippen LogP contribution >= 0.6 is 11.6 Å². The van der Waals surface area contributed by atoms with Gasteiger partial charge in [0, 0.05) is 6.08 Å². The SMILES string of the molecule is COc1ccc(C=CC(=O)Nc2cc(C(=O)O)ccc2Cl)cc1. The summed E-state index contributed by atoms with van der Waals surface area (Å²) in [5.74, 6) is -0.778. The second-order valence-electron chi connectivity index (χ2n) is 4.60. The summed E-state index contributed by atoms with van der Waals surface area (Å²) in [6.07, 6.45) is 2.97. The minimum absolute atomic E-state index is 0.0452. The molecule has 23 heavy (non-hydrogen) atoms. The lowest BCUT2D eigenvalue weighted by atomic mass is 10.2. The molecule has 0 aliphatic rings. The molecule has 2 N–H and O–H groups in total. The average Bonchev–Trinajstić information content (AvgIpc) is 2.55. The molecule has 2 aromatic rings. The van der Waals surface area contributed by atoms with Gasteiger partial charge in [-0.2, -0.15) is 0 Å². The van der Waals surface area contributed by atoms with Gasteiger partial charge in [0.2, 0.25) is 5.91 Å². The normalized spacial score (nSPS) is 10.5. The summed E-state index contributed by atoms with van der Waals surface area (Å²) in [4.78, 5) is 22.8. The Morgan fingerprint density at radius 3 is 2.48 bits per heavy atom. The number of carboxylic acid groups (broad SMARTS) is 1. The highest BCUT2D eigenvalue weighted by molar-refractivity contribution is 6.34. The number of methoxy groups -OCH3 is 1. The van der Waals surface area contributed by atoms with Crippen LogP contribution < -0.4 is 10.1 Å². The Morgan fingerprint density at radius 1 is 1.17 bits per heavy atom. The quantitative estimate of drug-likeness (QED) is 0.819. The number of aromatic carboxylic acids is 1. The molecule has 0 unspecified atom stereocenters. The van der Waals surface area contributed by atoms with Crippen molar-refractivity contribution in [2.45, 2.75) is 0 Å². The van der Waals surface area contributed by atoms with E-state index in [-0.39, 0.29) is 16.3 Å². The second kappa shape index (κ2) is 7.47. The molecule has 0 aliphatic carbocycles. The van der Waals surface area contributed by atoms with Gasteiger partial charge in [-0.1, -0.05) is 23.7 Å². The first kappa shape index (κ1) is 16.6. The number of hydrogen-bond acceptors (Lipinski definition) is 3. The molecule has 1 amide bonds. The fourth-order valence-electron chi connectivity index (χ4n) is 1.82. The van der Waals surface area contributed by atoms with Crippen LogP contribution in [0.25, 0.3) is 6.08 Å². The summed E-state index contributed by atoms with van der Waals surface area (Å²) in [7, 11) is 1.58. The predicted octanol–water partition coefficient (Wildman–Crippen LogP) is 3.70. The standard InChI is InChI=1S/C17H14ClNO4/c1-23-13-6-2-11(3-7-13)4-9-16(20)19-15-10-12(17(21)22)5-8-14(15)18/h2-10H,1H3,(H,19,20)(H,21,22). The van der Waals surface area contributed by atoms with Crippen molar-refractivity contribution < 1.29 is 19.4 Å². The highest BCUT2D eigenvalue weighted by Gasteiger charge is 2.08. The van der Waals surface area contributed by atoms with Gasteiger partial charge in [0.05, 0.1) is 23.4 Å². The Labute approximate surface area is 138 Å². The largest absolute Gasteiger partial charge is 0.497 e. The van der Waals surface area contributed by atoms with Crippen LogP contribution in [0.4, 0.5) is 5.69 Å². The fourth-order valence-corrected chi connectivity index (χ4v) is 1.98. The smallest absolute Gasteiger partial charge is 0.335 e. The molecule has 0 saturated heterocycles. The molecule has 0 saturated carbocycles. The van der Waals surface area contributed by atoms with E-state index in [2.05, 4.69) is 5.32 Å². The number of carboxylic acids is 1. The lowest BCUT2D eigenvalue weighted by Gasteiger charge is -2.06. The predicted molar refractivity (Wildman–Crippen MR) is 89.1 cm³/mol. The number of benzene rings is 2. The third-order valence-electron chi connectivity index (χ3n) is 3.01. The second-order valence-corrected chi connectivity index (χ2v) is 5.00. The average molecular weight is 332 g/mol. The minimum atomic E-state index is -1.09. The fraction of sp³-hybridized carbons (Fsp3) is 0.0588. The highest BCUT2D eigenvalue weighted by atomic mass is 35.5. The number of halogens is 1. The molecular weight excluding hydrogens is 318 g/mol. The van der Waals surface area contributed by atoms with E-state index in [1.165, 1.54) is 24.3 Å². The Hall–Kier alpha value is -2.79. The third-order valence-corrected chi connectivity index (χ3v) is 3.34. The zero-order valence-corrected chi connectivity index (χ0v) is 13.0. The number of amides is 1. The Balaban J connectivity index is 2.08. The zero-order valence-electron chi connectivity index (χ0n) is 12.2. The van der Waals surface area contributed by atoms with Crippen LogP contribution in [0.2, 0.25) is 5.02 Å². The van der Waals surface area contributed by atoms with E-state index in [9.17, 15) is 9.59 Å². The van der Waals surface area contributed by atoms with Crippen molar-refractivity contribution in [1.29, 1.82) is 0 Å². The van der Waals surface area contributed by atoms with Gasteiger partial charge >= 0.3 is 5.97 Å². The summed E-state index contributed by atoms with van der Waals surface area (Å²) >= 11 is 5.95. The topological polar surface area (TPSA) is 75.6 Å². The van der Waals surface area contributed by atoms with Crippen molar-refractivity contribution in [3.63, 3.8) is 0 Å². The molecule has 2 aromatic carbocycles. The summed E-state index contributed by atoms with van der Waals surface area (Å²) in [5, 5.41) is 11.8. The molecule has 5 nitrogen and oxygen atoms in total. The van der Waals surface area contributed by atoms with Gasteiger partial charge in [-0.15, -0.1) is 0 Å². The molecule has 6 heteroatoms. The van der Waals surface area contributed by atoms with Crippen molar-refractivity contribution in [3.8, 4) is 5.75 Å². The molecule has 2 rings (SSSR count). The van der Waals surface area contributed by atoms with Crippen molar-refractivity contribution >= 4 is 35.2 Å². The maximum absolute atomic E-state index is 11.9. The first-order valence-corrected chi connectivity index (χ1v) is 7.03. The first-order valence-electron chi connectivity index (χ1n) is 6.65. The van der Waals surface area contributed by atoms with Crippen LogP contribution in [0.3, 0.4) is 0 Å². The Morgan fingerprint density at radius 2 is 1.87 bits per heavy atom. The first-order chi connectivity index (χ1) is 11.0. The van der Waals surface area contributed by atoms with E-state index < -0.39 is 11.9 Å². The molecule has 0 radical (unpaired) electrons. The van der Waals surface area contributed by atoms with E-state index in [1.807, 2.05) is 0 Å². The minimum Gasteiger partial charge on any atom is -0.497 e. The zero-order chi connectivity index (χ0) is 16.8. The lowest BCUT2D eigenvalue weighted by molar-refractivity contribution is -0.111. The maximum atomic E-state index is 11.9. The van der Waals surface area contributed by atoms with E-state index >= 15 is 0 Å². The summed E-state index contributed by atoms with van der Waals surface area (Å²) in [6, 6.07) is 11.3. The number of carbonyl (C=O) groups excluding carboxylic acids is 1. The van der Waals surface area contributed by atoms with Crippen LogP contribution in [0, 0.1) is 0 Å². The van der Waals surface area contributed by atoms with Crippen LogP contribution in [0.15, 0.2) is 48.5 Å². The van der Waals surface area contributed by atoms with Gasteiger partial charge in [-0.3, -0.25) is 4.79 Å². The van der Waals surface area contributed by atoms with Gasteiger partial charge in [-0.25, -0.2) is 4.79 Å². The molecular formula is C17H14ClNO4. The van der Waals surface area contributed by atoms with Crippen LogP contribution in [-0.4, -0.2) is 24.1 Å². The van der Waals surface area contributed by atoms with Crippen LogP contribution in [-0.2, 0) is 4.79 Å². The summed E-state index contributed by atoms with van der Waals surface area (Å²) in [5.41, 5.74) is 1.12. The van der Waals surface area contributed by atoms with Gasteiger partial charge in [0.1, 0.15) is 5.75 Å². The van der Waals surface area contributed by atoms with E-state index in [1.54, 1.807) is 37.5 Å². The molecule has 0 spiro atoms. The number of ether oxygens (including phenoxy) is 1. The highest BCUT2D eigenvalue weighted by Crippen LogP contribution is 2.23. The molecule has 0 atom stereocenters. The monoisotopic (exact) mass is 331 g/mol. The third kappa shape index (κ3) is 4.59.